The SMILES string of the molecule is CCc1cc(C2(O)CC2)c(OC)cc1F. The van der Waals surface area contributed by atoms with E-state index in [1.807, 2.05) is 6.92 Å². The quantitative estimate of drug-likeness (QED) is 0.830. The molecule has 0 amide bonds. The summed E-state index contributed by atoms with van der Waals surface area (Å²) in [4.78, 5) is 0. The van der Waals surface area contributed by atoms with Crippen LogP contribution in [0.4, 0.5) is 4.39 Å². The molecular formula is C12H15FO2. The molecule has 1 fully saturated rings. The smallest absolute Gasteiger partial charge is 0.130 e. The van der Waals surface area contributed by atoms with Gasteiger partial charge in [0.15, 0.2) is 0 Å². The standard InChI is InChI=1S/C12H15FO2/c1-3-8-6-9(12(14)4-5-12)11(15-2)7-10(8)13/h6-7,14H,3-5H2,1-2H3. The number of ether oxygens (including phenoxy) is 1. The van der Waals surface area contributed by atoms with Crippen molar-refractivity contribution in [2.75, 3.05) is 7.11 Å². The molecule has 15 heavy (non-hydrogen) atoms. The molecule has 0 bridgehead atoms. The van der Waals surface area contributed by atoms with Gasteiger partial charge in [-0.3, -0.25) is 0 Å². The Bertz CT molecular complexity index is 383. The largest absolute Gasteiger partial charge is 0.496 e. The number of rotatable bonds is 3. The van der Waals surface area contributed by atoms with E-state index < -0.39 is 5.60 Å². The zero-order valence-electron chi connectivity index (χ0n) is 9.01. The molecule has 1 aromatic rings. The lowest BCUT2D eigenvalue weighted by molar-refractivity contribution is 0.147. The number of benzene rings is 1. The summed E-state index contributed by atoms with van der Waals surface area (Å²) in [5.41, 5.74) is 0.581. The maximum atomic E-state index is 13.5. The van der Waals surface area contributed by atoms with Gasteiger partial charge in [-0.05, 0) is 30.9 Å². The second-order valence-electron chi connectivity index (χ2n) is 4.03. The van der Waals surface area contributed by atoms with Crippen LogP contribution in [0.5, 0.6) is 5.75 Å². The minimum Gasteiger partial charge on any atom is -0.496 e. The van der Waals surface area contributed by atoms with Crippen molar-refractivity contribution >= 4 is 0 Å². The number of halogens is 1. The molecule has 1 aliphatic carbocycles. The third kappa shape index (κ3) is 1.72. The summed E-state index contributed by atoms with van der Waals surface area (Å²) in [5, 5.41) is 10.0. The third-order valence-corrected chi connectivity index (χ3v) is 2.97. The molecular weight excluding hydrogens is 195 g/mol. The maximum absolute atomic E-state index is 13.5. The van der Waals surface area contributed by atoms with Crippen molar-refractivity contribution in [1.82, 2.24) is 0 Å². The molecule has 0 saturated heterocycles. The van der Waals surface area contributed by atoms with Gasteiger partial charge in [0.05, 0.1) is 12.7 Å². The molecule has 2 rings (SSSR count). The van der Waals surface area contributed by atoms with Gasteiger partial charge in [0.25, 0.3) is 0 Å². The first-order valence-electron chi connectivity index (χ1n) is 5.20. The summed E-state index contributed by atoms with van der Waals surface area (Å²) in [5.74, 6) is 0.187. The van der Waals surface area contributed by atoms with Gasteiger partial charge in [-0.15, -0.1) is 0 Å². The second-order valence-corrected chi connectivity index (χ2v) is 4.03. The molecule has 82 valence electrons. The van der Waals surface area contributed by atoms with Crippen LogP contribution in [-0.2, 0) is 12.0 Å². The van der Waals surface area contributed by atoms with Crippen LogP contribution in [0.2, 0.25) is 0 Å². The van der Waals surface area contributed by atoms with Crippen LogP contribution >= 0.6 is 0 Å². The van der Waals surface area contributed by atoms with Crippen molar-refractivity contribution < 1.29 is 14.2 Å². The third-order valence-electron chi connectivity index (χ3n) is 2.97. The van der Waals surface area contributed by atoms with Gasteiger partial charge in [-0.2, -0.15) is 0 Å². The van der Waals surface area contributed by atoms with E-state index in [1.54, 1.807) is 6.07 Å². The van der Waals surface area contributed by atoms with Crippen LogP contribution in [0.15, 0.2) is 12.1 Å². The van der Waals surface area contributed by atoms with Crippen LogP contribution in [-0.4, -0.2) is 12.2 Å². The maximum Gasteiger partial charge on any atom is 0.130 e. The number of hydrogen-bond acceptors (Lipinski definition) is 2. The first-order valence-corrected chi connectivity index (χ1v) is 5.20. The fourth-order valence-electron chi connectivity index (χ4n) is 1.79. The lowest BCUT2D eigenvalue weighted by Gasteiger charge is -2.15. The average molecular weight is 210 g/mol. The van der Waals surface area contributed by atoms with Gasteiger partial charge >= 0.3 is 0 Å². The Kier molecular flexibility index (Phi) is 2.43. The van der Waals surface area contributed by atoms with Crippen molar-refractivity contribution in [3.05, 3.63) is 29.1 Å². The van der Waals surface area contributed by atoms with E-state index in [0.717, 1.165) is 18.4 Å². The van der Waals surface area contributed by atoms with Crippen molar-refractivity contribution in [2.45, 2.75) is 31.8 Å². The monoisotopic (exact) mass is 210 g/mol. The van der Waals surface area contributed by atoms with E-state index in [1.165, 1.54) is 13.2 Å². The van der Waals surface area contributed by atoms with Crippen LogP contribution in [0.25, 0.3) is 0 Å². The summed E-state index contributed by atoms with van der Waals surface area (Å²) >= 11 is 0. The average Bonchev–Trinajstić information content (AvgIpc) is 2.97. The van der Waals surface area contributed by atoms with Crippen molar-refractivity contribution in [1.29, 1.82) is 0 Å². The molecule has 0 heterocycles. The second kappa shape index (κ2) is 3.49. The van der Waals surface area contributed by atoms with E-state index in [4.69, 9.17) is 4.74 Å². The van der Waals surface area contributed by atoms with E-state index >= 15 is 0 Å². The highest BCUT2D eigenvalue weighted by atomic mass is 19.1. The van der Waals surface area contributed by atoms with E-state index in [2.05, 4.69) is 0 Å². The summed E-state index contributed by atoms with van der Waals surface area (Å²) in [6.45, 7) is 1.89. The highest BCUT2D eigenvalue weighted by Gasteiger charge is 2.44. The molecule has 0 spiro atoms. The Morgan fingerprint density at radius 1 is 1.47 bits per heavy atom. The Morgan fingerprint density at radius 2 is 2.13 bits per heavy atom. The lowest BCUT2D eigenvalue weighted by Crippen LogP contribution is -2.08. The van der Waals surface area contributed by atoms with Gasteiger partial charge in [0, 0.05) is 11.6 Å². The molecule has 3 heteroatoms. The number of methoxy groups -OCH3 is 1. The Morgan fingerprint density at radius 3 is 2.60 bits per heavy atom. The molecule has 0 atom stereocenters. The van der Waals surface area contributed by atoms with Gasteiger partial charge in [0.1, 0.15) is 11.6 Å². The number of aliphatic hydroxyl groups is 1. The first kappa shape index (κ1) is 10.4. The molecule has 1 saturated carbocycles. The lowest BCUT2D eigenvalue weighted by atomic mass is 10.0. The molecule has 0 radical (unpaired) electrons. The van der Waals surface area contributed by atoms with Gasteiger partial charge in [-0.25, -0.2) is 4.39 Å². The van der Waals surface area contributed by atoms with Crippen LogP contribution in [0.3, 0.4) is 0 Å². The Labute approximate surface area is 88.7 Å². The summed E-state index contributed by atoms with van der Waals surface area (Å²) in [6.07, 6.45) is 2.09. The molecule has 0 unspecified atom stereocenters. The summed E-state index contributed by atoms with van der Waals surface area (Å²) in [6, 6.07) is 3.09. The Balaban J connectivity index is 2.51. The van der Waals surface area contributed by atoms with E-state index in [-0.39, 0.29) is 5.82 Å². The van der Waals surface area contributed by atoms with Crippen molar-refractivity contribution in [3.63, 3.8) is 0 Å². The molecule has 1 N–H and O–H groups in total. The van der Waals surface area contributed by atoms with Crippen molar-refractivity contribution in [2.24, 2.45) is 0 Å². The van der Waals surface area contributed by atoms with Crippen LogP contribution in [0.1, 0.15) is 30.9 Å². The summed E-state index contributed by atoms with van der Waals surface area (Å²) in [7, 11) is 1.50. The van der Waals surface area contributed by atoms with Crippen molar-refractivity contribution in [3.8, 4) is 5.75 Å². The minimum absolute atomic E-state index is 0.262. The fourth-order valence-corrected chi connectivity index (χ4v) is 1.79. The number of aryl methyl sites for hydroxylation is 1. The normalized spacial score (nSPS) is 17.6. The molecule has 1 aliphatic rings. The van der Waals surface area contributed by atoms with Gasteiger partial charge in [0.2, 0.25) is 0 Å². The van der Waals surface area contributed by atoms with Gasteiger partial charge in [-0.1, -0.05) is 6.92 Å². The fraction of sp³-hybridized carbons (Fsp3) is 0.500. The van der Waals surface area contributed by atoms with Crippen LogP contribution in [0, 0.1) is 5.82 Å². The Hall–Kier alpha value is -1.09. The van der Waals surface area contributed by atoms with Crippen LogP contribution < -0.4 is 4.74 Å². The molecule has 0 aromatic heterocycles. The van der Waals surface area contributed by atoms with E-state index in [0.29, 0.717) is 17.7 Å². The predicted molar refractivity (Wildman–Crippen MR) is 55.5 cm³/mol. The molecule has 2 nitrogen and oxygen atoms in total. The molecule has 0 aliphatic heterocycles. The highest BCUT2D eigenvalue weighted by Crippen LogP contribution is 2.49. The van der Waals surface area contributed by atoms with E-state index in [9.17, 15) is 9.50 Å². The highest BCUT2D eigenvalue weighted by molar-refractivity contribution is 5.44. The minimum atomic E-state index is -0.775. The topological polar surface area (TPSA) is 29.5 Å². The first-order chi connectivity index (χ1) is 7.10. The zero-order chi connectivity index (χ0) is 11.1. The number of hydrogen-bond donors (Lipinski definition) is 1. The predicted octanol–water partition coefficient (Wildman–Crippen LogP) is 2.38. The summed E-state index contributed by atoms with van der Waals surface area (Å²) < 4.78 is 18.6. The zero-order valence-corrected chi connectivity index (χ0v) is 9.01. The molecule has 1 aromatic carbocycles. The van der Waals surface area contributed by atoms with Gasteiger partial charge < -0.3 is 9.84 Å².